The van der Waals surface area contributed by atoms with Crippen molar-refractivity contribution >= 4 is 15.9 Å². The first kappa shape index (κ1) is 8.37. The van der Waals surface area contributed by atoms with E-state index < -0.39 is 4.45 Å². The molecule has 0 aliphatic heterocycles. The molecular weight excluding hydrogens is 186 g/mol. The van der Waals surface area contributed by atoms with Crippen LogP contribution >= 0.6 is 15.9 Å². The Hall–Kier alpha value is -0.630. The van der Waals surface area contributed by atoms with E-state index in [-0.39, 0.29) is 4.86 Å². The zero-order valence-electron chi connectivity index (χ0n) is 5.13. The third-order valence-corrected chi connectivity index (χ3v) is 0.573. The van der Waals surface area contributed by atoms with E-state index in [0.717, 1.165) is 0 Å². The van der Waals surface area contributed by atoms with Crippen molar-refractivity contribution in [3.63, 3.8) is 0 Å². The summed E-state index contributed by atoms with van der Waals surface area (Å²) in [7, 11) is 0. The standard InChI is InChI=1S/C4H6BrN3O/c1-4(2,5)7-8(9)3-6/h1-2H3. The summed E-state index contributed by atoms with van der Waals surface area (Å²) in [6, 6.07) is 0. The first-order valence-corrected chi connectivity index (χ1v) is 3.04. The molecule has 0 spiro atoms. The number of alkyl halides is 1. The topological polar surface area (TPSA) is 62.2 Å². The number of hydrogen-bond acceptors (Lipinski definition) is 3. The van der Waals surface area contributed by atoms with Gasteiger partial charge in [-0.1, -0.05) is 25.9 Å². The highest BCUT2D eigenvalue weighted by Gasteiger charge is 2.12. The Morgan fingerprint density at radius 2 is 2.22 bits per heavy atom. The molecular formula is C4H6BrN3O. The second-order valence-electron chi connectivity index (χ2n) is 1.88. The van der Waals surface area contributed by atoms with Crippen molar-refractivity contribution in [3.8, 4) is 6.19 Å². The maximum absolute atomic E-state index is 10.2. The van der Waals surface area contributed by atoms with Gasteiger partial charge in [-0.25, -0.2) is 0 Å². The molecule has 0 unspecified atom stereocenters. The van der Waals surface area contributed by atoms with E-state index in [0.29, 0.717) is 0 Å². The van der Waals surface area contributed by atoms with Crippen molar-refractivity contribution in [2.45, 2.75) is 18.3 Å². The van der Waals surface area contributed by atoms with E-state index in [1.54, 1.807) is 13.8 Å². The van der Waals surface area contributed by atoms with Crippen LogP contribution in [0.2, 0.25) is 0 Å². The van der Waals surface area contributed by atoms with E-state index in [1.165, 1.54) is 6.19 Å². The molecule has 0 aliphatic carbocycles. The second kappa shape index (κ2) is 2.78. The van der Waals surface area contributed by atoms with E-state index in [4.69, 9.17) is 5.26 Å². The van der Waals surface area contributed by atoms with Crippen LogP contribution in [0.4, 0.5) is 0 Å². The lowest BCUT2D eigenvalue weighted by Gasteiger charge is -2.06. The lowest BCUT2D eigenvalue weighted by Crippen LogP contribution is -2.08. The number of rotatable bonds is 1. The molecule has 0 atom stereocenters. The quantitative estimate of drug-likeness (QED) is 0.120. The molecule has 0 saturated carbocycles. The normalized spacial score (nSPS) is 12.9. The van der Waals surface area contributed by atoms with Crippen LogP contribution in [0.15, 0.2) is 5.11 Å². The van der Waals surface area contributed by atoms with Crippen LogP contribution in [0.25, 0.3) is 0 Å². The summed E-state index contributed by atoms with van der Waals surface area (Å²) >= 11 is 3.06. The first-order valence-electron chi connectivity index (χ1n) is 2.24. The fraction of sp³-hybridized carbons (Fsp3) is 0.750. The summed E-state index contributed by atoms with van der Waals surface area (Å²) in [6.07, 6.45) is 1.30. The van der Waals surface area contributed by atoms with Gasteiger partial charge in [0.15, 0.2) is 9.71 Å². The van der Waals surface area contributed by atoms with Gasteiger partial charge in [-0.05, 0) is 13.8 Å². The third kappa shape index (κ3) is 5.24. The Morgan fingerprint density at radius 1 is 1.78 bits per heavy atom. The molecule has 0 saturated heterocycles. The van der Waals surface area contributed by atoms with Crippen LogP contribution in [-0.2, 0) is 0 Å². The molecule has 0 aromatic rings. The molecule has 5 heteroatoms. The maximum Gasteiger partial charge on any atom is 0.485 e. The van der Waals surface area contributed by atoms with E-state index in [1.807, 2.05) is 0 Å². The molecule has 0 rings (SSSR count). The number of nitrogens with zero attached hydrogens (tertiary/aromatic N) is 3. The highest BCUT2D eigenvalue weighted by Crippen LogP contribution is 2.16. The fourth-order valence-corrected chi connectivity index (χ4v) is 0.382. The number of nitriles is 1. The molecule has 0 aliphatic rings. The Kier molecular flexibility index (Phi) is 2.59. The van der Waals surface area contributed by atoms with Gasteiger partial charge in [-0.3, -0.25) is 0 Å². The zero-order valence-corrected chi connectivity index (χ0v) is 6.71. The SMILES string of the molecule is CC(C)(Br)N=[N+]([O-])C#N. The molecule has 0 bridgehead atoms. The summed E-state index contributed by atoms with van der Waals surface area (Å²) in [5, 5.41) is 21.5. The average molecular weight is 192 g/mol. The molecule has 0 radical (unpaired) electrons. The first-order chi connectivity index (χ1) is 3.95. The third-order valence-electron chi connectivity index (χ3n) is 0.414. The van der Waals surface area contributed by atoms with Gasteiger partial charge in [0.25, 0.3) is 0 Å². The van der Waals surface area contributed by atoms with Crippen molar-refractivity contribution in [2.75, 3.05) is 0 Å². The summed E-state index contributed by atoms with van der Waals surface area (Å²) in [5.74, 6) is 0. The van der Waals surface area contributed by atoms with Crippen molar-refractivity contribution in [1.82, 2.24) is 0 Å². The van der Waals surface area contributed by atoms with E-state index >= 15 is 0 Å². The number of hydrogen-bond donors (Lipinski definition) is 0. The van der Waals surface area contributed by atoms with Crippen LogP contribution in [0, 0.1) is 16.7 Å². The van der Waals surface area contributed by atoms with Gasteiger partial charge in [0.1, 0.15) is 0 Å². The van der Waals surface area contributed by atoms with Gasteiger partial charge in [-0.2, -0.15) is 0 Å². The van der Waals surface area contributed by atoms with Crippen LogP contribution in [-0.4, -0.2) is 9.31 Å². The predicted octanol–water partition coefficient (Wildman–Crippen LogP) is 1.56. The van der Waals surface area contributed by atoms with Crippen LogP contribution in [0.3, 0.4) is 0 Å². The van der Waals surface area contributed by atoms with Gasteiger partial charge in [0, 0.05) is 0 Å². The molecule has 9 heavy (non-hydrogen) atoms. The lowest BCUT2D eigenvalue weighted by molar-refractivity contribution is -0.444. The van der Waals surface area contributed by atoms with Crippen molar-refractivity contribution in [3.05, 3.63) is 5.21 Å². The van der Waals surface area contributed by atoms with Gasteiger partial charge in [0.05, 0.1) is 0 Å². The summed E-state index contributed by atoms with van der Waals surface area (Å²) in [6.45, 7) is 3.32. The molecule has 0 amide bonds. The summed E-state index contributed by atoms with van der Waals surface area (Å²) < 4.78 is -0.648. The number of hydroxylamine groups is 1. The Labute approximate surface area is 61.5 Å². The van der Waals surface area contributed by atoms with Gasteiger partial charge in [-0.15, -0.1) is 0 Å². The highest BCUT2D eigenvalue weighted by molar-refractivity contribution is 9.10. The van der Waals surface area contributed by atoms with Crippen LogP contribution < -0.4 is 0 Å². The Morgan fingerprint density at radius 3 is 2.33 bits per heavy atom. The lowest BCUT2D eigenvalue weighted by atomic mass is 10.4. The van der Waals surface area contributed by atoms with Gasteiger partial charge >= 0.3 is 6.19 Å². The van der Waals surface area contributed by atoms with Gasteiger partial charge in [0.2, 0.25) is 0 Å². The molecule has 0 fully saturated rings. The average Bonchev–Trinajstić information content (AvgIpc) is 1.62. The minimum atomic E-state index is -0.648. The maximum atomic E-state index is 10.2. The minimum absolute atomic E-state index is 0.0330. The molecule has 0 N–H and O–H groups in total. The van der Waals surface area contributed by atoms with Gasteiger partial charge < -0.3 is 5.21 Å². The van der Waals surface area contributed by atoms with Crippen molar-refractivity contribution < 1.29 is 4.86 Å². The van der Waals surface area contributed by atoms with E-state index in [2.05, 4.69) is 21.0 Å². The number of azo groups is 1. The second-order valence-corrected chi connectivity index (χ2v) is 3.82. The fourth-order valence-electron chi connectivity index (χ4n) is 0.238. The smallest absolute Gasteiger partial charge is 0.485 e. The largest absolute Gasteiger partial charge is 0.683 e. The zero-order chi connectivity index (χ0) is 7.49. The van der Waals surface area contributed by atoms with Crippen molar-refractivity contribution in [1.29, 1.82) is 5.26 Å². The van der Waals surface area contributed by atoms with Crippen molar-refractivity contribution in [2.24, 2.45) is 5.11 Å². The number of halogens is 1. The highest BCUT2D eigenvalue weighted by atomic mass is 79.9. The van der Waals surface area contributed by atoms with Crippen LogP contribution in [0.1, 0.15) is 13.8 Å². The Balaban J connectivity index is 4.17. The predicted molar refractivity (Wildman–Crippen MR) is 34.7 cm³/mol. The molecule has 50 valence electrons. The van der Waals surface area contributed by atoms with Crippen LogP contribution in [0.5, 0.6) is 0 Å². The van der Waals surface area contributed by atoms with E-state index in [9.17, 15) is 5.21 Å². The monoisotopic (exact) mass is 191 g/mol. The Bertz CT molecular complexity index is 164. The minimum Gasteiger partial charge on any atom is -0.683 e. The summed E-state index contributed by atoms with van der Waals surface area (Å²) in [5.41, 5.74) is 0. The molecule has 0 aromatic heterocycles. The molecule has 0 aromatic carbocycles. The molecule has 4 nitrogen and oxygen atoms in total. The summed E-state index contributed by atoms with van der Waals surface area (Å²) in [4.78, 5) is -0.0330. The molecule has 0 heterocycles.